The van der Waals surface area contributed by atoms with Crippen LogP contribution in [0.25, 0.3) is 0 Å². The Hall–Kier alpha value is -2.29. The normalized spacial score (nSPS) is 14.8. The number of nitrogens with one attached hydrogen (secondary N) is 1. The van der Waals surface area contributed by atoms with Gasteiger partial charge in [0.15, 0.2) is 0 Å². The minimum atomic E-state index is -0.603. The van der Waals surface area contributed by atoms with Gasteiger partial charge in [-0.05, 0) is 42.5 Å². The molecule has 0 aromatic heterocycles. The van der Waals surface area contributed by atoms with E-state index in [0.717, 1.165) is 36.8 Å². The van der Waals surface area contributed by atoms with Crippen LogP contribution in [0, 0.1) is 10.1 Å². The van der Waals surface area contributed by atoms with E-state index < -0.39 is 11.0 Å². The Morgan fingerprint density at radius 3 is 2.36 bits per heavy atom. The maximum absolute atomic E-state index is 13.4. The number of carbonyl (C=O) groups excluding carboxylic acids is 2. The zero-order valence-electron chi connectivity index (χ0n) is 20.3. The molecule has 7 nitrogen and oxygen atoms in total. The molecule has 3 rings (SSSR count). The van der Waals surface area contributed by atoms with Crippen molar-refractivity contribution in [1.29, 1.82) is 0 Å². The number of hydrogen-bond acceptors (Lipinski definition) is 5. The van der Waals surface area contributed by atoms with Gasteiger partial charge in [0.2, 0.25) is 11.8 Å². The number of nitrogens with zero attached hydrogens (tertiary/aromatic N) is 2. The molecule has 0 heterocycles. The smallest absolute Gasteiger partial charge is 0.269 e. The van der Waals surface area contributed by atoms with Gasteiger partial charge in [-0.15, -0.1) is 11.8 Å². The minimum absolute atomic E-state index is 0.0300. The fourth-order valence-corrected chi connectivity index (χ4v) is 5.54. The first-order chi connectivity index (χ1) is 17.3. The highest BCUT2D eigenvalue weighted by molar-refractivity contribution is 7.99. The first-order valence-electron chi connectivity index (χ1n) is 12.1. The summed E-state index contributed by atoms with van der Waals surface area (Å²) in [5.41, 5.74) is 1.71. The van der Waals surface area contributed by atoms with E-state index in [2.05, 4.69) is 5.32 Å². The number of hydrogen-bond donors (Lipinski definition) is 1. The molecule has 1 aliphatic rings. The number of rotatable bonds is 11. The quantitative estimate of drug-likeness (QED) is 0.258. The number of benzene rings is 2. The van der Waals surface area contributed by atoms with E-state index in [1.54, 1.807) is 29.2 Å². The first-order valence-corrected chi connectivity index (χ1v) is 14.0. The Morgan fingerprint density at radius 2 is 1.75 bits per heavy atom. The fourth-order valence-electron chi connectivity index (χ4n) is 4.35. The molecule has 2 amide bonds. The number of amides is 2. The summed E-state index contributed by atoms with van der Waals surface area (Å²) >= 11 is 13.7. The summed E-state index contributed by atoms with van der Waals surface area (Å²) in [6.45, 7) is 2.15. The van der Waals surface area contributed by atoms with Crippen LogP contribution in [0.4, 0.5) is 5.69 Å². The molecule has 0 aliphatic heterocycles. The van der Waals surface area contributed by atoms with Crippen LogP contribution in [-0.4, -0.2) is 39.5 Å². The van der Waals surface area contributed by atoms with Crippen LogP contribution in [0.5, 0.6) is 0 Å². The molecule has 1 atom stereocenters. The maximum Gasteiger partial charge on any atom is 0.269 e. The molecule has 1 saturated carbocycles. The molecule has 1 unspecified atom stereocenters. The van der Waals surface area contributed by atoms with Gasteiger partial charge in [0.05, 0.1) is 20.7 Å². The number of carbonyl (C=O) groups is 2. The van der Waals surface area contributed by atoms with Crippen molar-refractivity contribution < 1.29 is 14.5 Å². The predicted molar refractivity (Wildman–Crippen MR) is 145 cm³/mol. The average molecular weight is 553 g/mol. The highest BCUT2D eigenvalue weighted by Gasteiger charge is 2.30. The highest BCUT2D eigenvalue weighted by atomic mass is 35.5. The number of non-ortho nitro benzene ring substituents is 1. The maximum atomic E-state index is 13.4. The second-order valence-corrected chi connectivity index (χ2v) is 10.8. The molecule has 0 saturated heterocycles. The van der Waals surface area contributed by atoms with Crippen LogP contribution in [0.15, 0.2) is 42.5 Å². The Morgan fingerprint density at radius 1 is 1.08 bits per heavy atom. The molecular weight excluding hydrogens is 521 g/mol. The van der Waals surface area contributed by atoms with E-state index in [0.29, 0.717) is 22.2 Å². The lowest BCUT2D eigenvalue weighted by Crippen LogP contribution is -2.52. The summed E-state index contributed by atoms with van der Waals surface area (Å²) in [7, 11) is 0. The number of nitro benzene ring substituents is 1. The molecule has 36 heavy (non-hydrogen) atoms. The van der Waals surface area contributed by atoms with Gasteiger partial charge >= 0.3 is 0 Å². The lowest BCUT2D eigenvalue weighted by Gasteiger charge is -2.33. The average Bonchev–Trinajstić information content (AvgIpc) is 2.87. The molecule has 1 aliphatic carbocycles. The highest BCUT2D eigenvalue weighted by Crippen LogP contribution is 2.25. The second-order valence-electron chi connectivity index (χ2n) is 8.95. The van der Waals surface area contributed by atoms with Crippen LogP contribution in [-0.2, 0) is 21.9 Å². The SMILES string of the molecule is CCC(C(=O)NC1CCCCC1)N(Cc1ccc(Cl)c(Cl)c1)C(=O)CSCc1ccc([N+](=O)[O-])cc1. The molecule has 1 N–H and O–H groups in total. The van der Waals surface area contributed by atoms with Crippen LogP contribution in [0.2, 0.25) is 10.0 Å². The van der Waals surface area contributed by atoms with Crippen molar-refractivity contribution in [3.63, 3.8) is 0 Å². The summed E-state index contributed by atoms with van der Waals surface area (Å²) in [5.74, 6) is 0.415. The van der Waals surface area contributed by atoms with Crippen molar-refractivity contribution >= 4 is 52.5 Å². The third-order valence-electron chi connectivity index (χ3n) is 6.32. The predicted octanol–water partition coefficient (Wildman–Crippen LogP) is 6.39. The van der Waals surface area contributed by atoms with Crippen molar-refractivity contribution in [2.24, 2.45) is 0 Å². The van der Waals surface area contributed by atoms with Crippen molar-refractivity contribution in [3.05, 3.63) is 73.8 Å². The molecule has 2 aromatic carbocycles. The topological polar surface area (TPSA) is 92.6 Å². The summed E-state index contributed by atoms with van der Waals surface area (Å²) in [4.78, 5) is 38.7. The van der Waals surface area contributed by atoms with Crippen molar-refractivity contribution in [1.82, 2.24) is 10.2 Å². The zero-order valence-corrected chi connectivity index (χ0v) is 22.6. The molecule has 2 aromatic rings. The largest absolute Gasteiger partial charge is 0.352 e. The van der Waals surface area contributed by atoms with Crippen LogP contribution < -0.4 is 5.32 Å². The van der Waals surface area contributed by atoms with Gasteiger partial charge < -0.3 is 10.2 Å². The fraction of sp³-hybridized carbons (Fsp3) is 0.462. The van der Waals surface area contributed by atoms with Crippen molar-refractivity contribution in [2.45, 2.75) is 69.8 Å². The standard InChI is InChI=1S/C26H31Cl2N3O4S/c1-2-24(26(33)29-20-6-4-3-5-7-20)30(15-19-10-13-22(27)23(28)14-19)25(32)17-36-16-18-8-11-21(12-9-18)31(34)35/h8-14,20,24H,2-7,15-17H2,1H3,(H,29,33). The van der Waals surface area contributed by atoms with Gasteiger partial charge in [-0.2, -0.15) is 0 Å². The van der Waals surface area contributed by atoms with Gasteiger partial charge in [-0.1, -0.05) is 67.6 Å². The Kier molecular flexibility index (Phi) is 10.9. The minimum Gasteiger partial charge on any atom is -0.352 e. The van der Waals surface area contributed by atoms with E-state index in [4.69, 9.17) is 23.2 Å². The number of thioether (sulfide) groups is 1. The molecule has 194 valence electrons. The molecule has 0 bridgehead atoms. The first kappa shape index (κ1) is 28.3. The molecule has 0 radical (unpaired) electrons. The van der Waals surface area contributed by atoms with Gasteiger partial charge in [0.1, 0.15) is 6.04 Å². The number of halogens is 2. The van der Waals surface area contributed by atoms with E-state index in [1.165, 1.54) is 30.3 Å². The monoisotopic (exact) mass is 551 g/mol. The summed E-state index contributed by atoms with van der Waals surface area (Å²) < 4.78 is 0. The Labute approximate surface area is 226 Å². The molecule has 0 spiro atoms. The third-order valence-corrected chi connectivity index (χ3v) is 8.04. The van der Waals surface area contributed by atoms with E-state index in [9.17, 15) is 19.7 Å². The lowest BCUT2D eigenvalue weighted by molar-refractivity contribution is -0.384. The lowest BCUT2D eigenvalue weighted by atomic mass is 9.95. The van der Waals surface area contributed by atoms with Crippen LogP contribution in [0.3, 0.4) is 0 Å². The van der Waals surface area contributed by atoms with Crippen molar-refractivity contribution in [2.75, 3.05) is 5.75 Å². The van der Waals surface area contributed by atoms with Gasteiger partial charge in [0.25, 0.3) is 5.69 Å². The summed E-state index contributed by atoms with van der Waals surface area (Å²) in [6, 6.07) is 11.1. The Bertz CT molecular complexity index is 1060. The van der Waals surface area contributed by atoms with E-state index in [-0.39, 0.29) is 35.8 Å². The van der Waals surface area contributed by atoms with Crippen LogP contribution >= 0.6 is 35.0 Å². The zero-order chi connectivity index (χ0) is 26.1. The number of nitro groups is 1. The van der Waals surface area contributed by atoms with Gasteiger partial charge in [0, 0.05) is 30.5 Å². The van der Waals surface area contributed by atoms with Gasteiger partial charge in [-0.25, -0.2) is 0 Å². The summed E-state index contributed by atoms with van der Waals surface area (Å²) in [6.07, 6.45) is 5.82. The second kappa shape index (κ2) is 13.9. The third kappa shape index (κ3) is 8.11. The van der Waals surface area contributed by atoms with E-state index in [1.807, 2.05) is 13.0 Å². The molecular formula is C26H31Cl2N3O4S. The Balaban J connectivity index is 1.70. The van der Waals surface area contributed by atoms with Crippen molar-refractivity contribution in [3.8, 4) is 0 Å². The van der Waals surface area contributed by atoms with E-state index >= 15 is 0 Å². The molecule has 10 heteroatoms. The van der Waals surface area contributed by atoms with Gasteiger partial charge in [-0.3, -0.25) is 19.7 Å². The van der Waals surface area contributed by atoms with Crippen LogP contribution in [0.1, 0.15) is 56.6 Å². The summed E-state index contributed by atoms with van der Waals surface area (Å²) in [5, 5.41) is 14.8. The molecule has 1 fully saturated rings.